The highest BCUT2D eigenvalue weighted by atomic mass is 16.1. The molecule has 32 heavy (non-hydrogen) atoms. The Hall–Kier alpha value is -3.93. The van der Waals surface area contributed by atoms with Gasteiger partial charge in [0.05, 0.1) is 28.4 Å². The fourth-order valence-electron chi connectivity index (χ4n) is 4.09. The second-order valence-corrected chi connectivity index (χ2v) is 7.82. The van der Waals surface area contributed by atoms with Gasteiger partial charge in [-0.05, 0) is 42.8 Å². The first kappa shape index (κ1) is 20.0. The number of amides is 1. The van der Waals surface area contributed by atoms with Gasteiger partial charge in [-0.1, -0.05) is 42.5 Å². The summed E-state index contributed by atoms with van der Waals surface area (Å²) in [5.74, 6) is 0.949. The van der Waals surface area contributed by atoms with Gasteiger partial charge in [-0.2, -0.15) is 0 Å². The van der Waals surface area contributed by atoms with Crippen molar-refractivity contribution in [1.82, 2.24) is 24.4 Å². The summed E-state index contributed by atoms with van der Waals surface area (Å²) >= 11 is 0. The number of carbonyl (C=O) groups excluding carboxylic acids is 1. The molecule has 0 saturated carbocycles. The van der Waals surface area contributed by atoms with E-state index in [1.165, 1.54) is 0 Å². The quantitative estimate of drug-likeness (QED) is 0.373. The lowest BCUT2D eigenvalue weighted by Gasteiger charge is -2.10. The van der Waals surface area contributed by atoms with E-state index in [0.29, 0.717) is 19.4 Å². The van der Waals surface area contributed by atoms with Crippen molar-refractivity contribution in [3.8, 4) is 5.69 Å². The van der Waals surface area contributed by atoms with E-state index in [9.17, 15) is 4.79 Å². The number of nitrogens with zero attached hydrogens (tertiary/aromatic N) is 4. The molecule has 0 fully saturated rings. The van der Waals surface area contributed by atoms with Crippen LogP contribution in [0.3, 0.4) is 0 Å². The molecule has 0 radical (unpaired) electrons. The Labute approximate surface area is 186 Å². The van der Waals surface area contributed by atoms with Gasteiger partial charge in [0, 0.05) is 31.6 Å². The van der Waals surface area contributed by atoms with Crippen LogP contribution in [0, 0.1) is 0 Å². The number of rotatable bonds is 8. The Kier molecular flexibility index (Phi) is 5.66. The molecule has 0 aliphatic heterocycles. The van der Waals surface area contributed by atoms with Gasteiger partial charge in [-0.25, -0.2) is 9.97 Å². The van der Waals surface area contributed by atoms with Crippen LogP contribution in [0.2, 0.25) is 0 Å². The lowest BCUT2D eigenvalue weighted by Crippen LogP contribution is -2.25. The molecule has 2 aromatic heterocycles. The third-order valence-corrected chi connectivity index (χ3v) is 5.65. The summed E-state index contributed by atoms with van der Waals surface area (Å²) in [5, 5.41) is 3.05. The molecule has 0 bridgehead atoms. The van der Waals surface area contributed by atoms with Crippen molar-refractivity contribution in [3.05, 3.63) is 91.0 Å². The maximum atomic E-state index is 12.5. The predicted octanol–water partition coefficient (Wildman–Crippen LogP) is 4.51. The molecule has 5 rings (SSSR count). The second-order valence-electron chi connectivity index (χ2n) is 7.82. The van der Waals surface area contributed by atoms with E-state index in [-0.39, 0.29) is 5.91 Å². The summed E-state index contributed by atoms with van der Waals surface area (Å²) in [4.78, 5) is 21.7. The number of aryl methyl sites for hydroxylation is 2. The first-order valence-corrected chi connectivity index (χ1v) is 11.0. The van der Waals surface area contributed by atoms with Crippen LogP contribution in [-0.2, 0) is 17.8 Å². The molecule has 0 unspecified atom stereocenters. The van der Waals surface area contributed by atoms with Crippen LogP contribution >= 0.6 is 0 Å². The van der Waals surface area contributed by atoms with Gasteiger partial charge in [0.2, 0.25) is 5.91 Å². The topological polar surface area (TPSA) is 64.7 Å². The zero-order valence-electron chi connectivity index (χ0n) is 17.8. The SMILES string of the molecule is O=C(CCc1nc2ccccc2n1-c1ccccc1)NCCCn1cnc2ccccc21. The molecule has 2 heterocycles. The zero-order chi connectivity index (χ0) is 21.8. The minimum atomic E-state index is 0.0483. The largest absolute Gasteiger partial charge is 0.356 e. The Bertz CT molecular complexity index is 1350. The number of hydrogen-bond acceptors (Lipinski definition) is 3. The molecular weight excluding hydrogens is 398 g/mol. The van der Waals surface area contributed by atoms with Crippen LogP contribution < -0.4 is 5.32 Å². The highest BCUT2D eigenvalue weighted by molar-refractivity contribution is 5.79. The molecule has 0 aliphatic rings. The number of carbonyl (C=O) groups is 1. The highest BCUT2D eigenvalue weighted by Gasteiger charge is 2.13. The maximum absolute atomic E-state index is 12.5. The van der Waals surface area contributed by atoms with Crippen molar-refractivity contribution in [3.63, 3.8) is 0 Å². The molecule has 0 spiro atoms. The van der Waals surface area contributed by atoms with E-state index in [2.05, 4.69) is 43.7 Å². The average Bonchev–Trinajstić information content (AvgIpc) is 3.42. The normalized spacial score (nSPS) is 11.2. The lowest BCUT2D eigenvalue weighted by molar-refractivity contribution is -0.121. The van der Waals surface area contributed by atoms with Crippen molar-refractivity contribution in [2.24, 2.45) is 0 Å². The molecule has 0 saturated heterocycles. The van der Waals surface area contributed by atoms with Crippen LogP contribution in [-0.4, -0.2) is 31.6 Å². The van der Waals surface area contributed by atoms with Crippen molar-refractivity contribution in [2.45, 2.75) is 25.8 Å². The van der Waals surface area contributed by atoms with Crippen LogP contribution in [0.25, 0.3) is 27.8 Å². The summed E-state index contributed by atoms with van der Waals surface area (Å²) in [6.07, 6.45) is 3.71. The van der Waals surface area contributed by atoms with Gasteiger partial charge in [0.1, 0.15) is 5.82 Å². The van der Waals surface area contributed by atoms with Gasteiger partial charge >= 0.3 is 0 Å². The Morgan fingerprint density at radius 2 is 1.56 bits per heavy atom. The summed E-state index contributed by atoms with van der Waals surface area (Å²) in [6, 6.07) is 26.4. The van der Waals surface area contributed by atoms with E-state index >= 15 is 0 Å². The monoisotopic (exact) mass is 423 g/mol. The van der Waals surface area contributed by atoms with Gasteiger partial charge in [0.15, 0.2) is 0 Å². The Balaban J connectivity index is 1.19. The molecule has 0 aliphatic carbocycles. The van der Waals surface area contributed by atoms with E-state index in [4.69, 9.17) is 4.98 Å². The van der Waals surface area contributed by atoms with Crippen molar-refractivity contribution in [1.29, 1.82) is 0 Å². The average molecular weight is 424 g/mol. The summed E-state index contributed by atoms with van der Waals surface area (Å²) in [7, 11) is 0. The summed E-state index contributed by atoms with van der Waals surface area (Å²) < 4.78 is 4.27. The zero-order valence-corrected chi connectivity index (χ0v) is 17.8. The third kappa shape index (κ3) is 4.12. The molecular formula is C26H25N5O. The molecule has 1 N–H and O–H groups in total. The molecule has 3 aromatic carbocycles. The predicted molar refractivity (Wildman–Crippen MR) is 127 cm³/mol. The number of nitrogens with one attached hydrogen (secondary N) is 1. The van der Waals surface area contributed by atoms with Gasteiger partial charge < -0.3 is 9.88 Å². The second kappa shape index (κ2) is 9.06. The number of aromatic nitrogens is 4. The van der Waals surface area contributed by atoms with E-state index in [1.54, 1.807) is 0 Å². The fourth-order valence-corrected chi connectivity index (χ4v) is 4.09. The Morgan fingerprint density at radius 1 is 0.844 bits per heavy atom. The van der Waals surface area contributed by atoms with Crippen molar-refractivity contribution >= 4 is 28.0 Å². The smallest absolute Gasteiger partial charge is 0.220 e. The molecule has 1 amide bonds. The molecule has 0 atom stereocenters. The van der Waals surface area contributed by atoms with Crippen LogP contribution in [0.1, 0.15) is 18.7 Å². The summed E-state index contributed by atoms with van der Waals surface area (Å²) in [6.45, 7) is 1.46. The standard InChI is InChI=1S/C26H25N5O/c32-26(27-17-8-18-30-19-28-21-11-4-6-13-23(21)30)16-15-25-29-22-12-5-7-14-24(22)31(25)20-9-2-1-3-10-20/h1-7,9-14,19H,8,15-18H2,(H,27,32). The first-order chi connectivity index (χ1) is 15.8. The Morgan fingerprint density at radius 3 is 2.41 bits per heavy atom. The number of benzene rings is 3. The first-order valence-electron chi connectivity index (χ1n) is 11.0. The summed E-state index contributed by atoms with van der Waals surface area (Å²) in [5.41, 5.74) is 5.18. The third-order valence-electron chi connectivity index (χ3n) is 5.65. The molecule has 160 valence electrons. The fraction of sp³-hybridized carbons (Fsp3) is 0.192. The van der Waals surface area contributed by atoms with Gasteiger partial charge in [0.25, 0.3) is 0 Å². The minimum Gasteiger partial charge on any atom is -0.356 e. The van der Waals surface area contributed by atoms with Gasteiger partial charge in [-0.3, -0.25) is 9.36 Å². The maximum Gasteiger partial charge on any atom is 0.220 e. The minimum absolute atomic E-state index is 0.0483. The number of imidazole rings is 2. The van der Waals surface area contributed by atoms with E-state index < -0.39 is 0 Å². The molecule has 6 heteroatoms. The van der Waals surface area contributed by atoms with Crippen molar-refractivity contribution in [2.75, 3.05) is 6.54 Å². The number of para-hydroxylation sites is 5. The molecule has 5 aromatic rings. The lowest BCUT2D eigenvalue weighted by atomic mass is 10.2. The van der Waals surface area contributed by atoms with Crippen LogP contribution in [0.15, 0.2) is 85.2 Å². The number of fused-ring (bicyclic) bond motifs is 2. The van der Waals surface area contributed by atoms with E-state index in [1.807, 2.05) is 60.9 Å². The number of hydrogen-bond donors (Lipinski definition) is 1. The highest BCUT2D eigenvalue weighted by Crippen LogP contribution is 2.22. The van der Waals surface area contributed by atoms with Crippen LogP contribution in [0.4, 0.5) is 0 Å². The van der Waals surface area contributed by atoms with Crippen molar-refractivity contribution < 1.29 is 4.79 Å². The molecule has 6 nitrogen and oxygen atoms in total. The van der Waals surface area contributed by atoms with Gasteiger partial charge in [-0.15, -0.1) is 0 Å². The van der Waals surface area contributed by atoms with Crippen LogP contribution in [0.5, 0.6) is 0 Å². The van der Waals surface area contributed by atoms with E-state index in [0.717, 1.165) is 46.5 Å².